The van der Waals surface area contributed by atoms with Crippen molar-refractivity contribution >= 4 is 55.7 Å². The molecule has 8 heteroatoms. The van der Waals surface area contributed by atoms with Gasteiger partial charge in [-0.2, -0.15) is 0 Å². The molecule has 0 aliphatic rings. The quantitative estimate of drug-likeness (QED) is 0.281. The van der Waals surface area contributed by atoms with Crippen molar-refractivity contribution in [3.8, 4) is 10.4 Å². The van der Waals surface area contributed by atoms with Crippen molar-refractivity contribution in [2.24, 2.45) is 0 Å². The molecule has 5 nitrogen and oxygen atoms in total. The second kappa shape index (κ2) is 8.61. The number of nitrogens with zero attached hydrogens (tertiary/aromatic N) is 4. The van der Waals surface area contributed by atoms with Gasteiger partial charge in [0.25, 0.3) is 0 Å². The highest BCUT2D eigenvalue weighted by Crippen LogP contribution is 2.37. The van der Waals surface area contributed by atoms with Gasteiger partial charge in [0.2, 0.25) is 5.91 Å². The van der Waals surface area contributed by atoms with Crippen LogP contribution in [-0.4, -0.2) is 27.4 Å². The summed E-state index contributed by atoms with van der Waals surface area (Å²) >= 11 is 4.86. The van der Waals surface area contributed by atoms with E-state index in [2.05, 4.69) is 33.2 Å². The van der Waals surface area contributed by atoms with E-state index in [1.54, 1.807) is 34.9 Å². The SMILES string of the molecule is CCN(C(C)=O)c1nc(CSc2nc(C)nc3sc(-c4ccccc4)cc23)cs1. The van der Waals surface area contributed by atoms with Gasteiger partial charge in [-0.05, 0) is 25.5 Å². The number of thiazole rings is 1. The fourth-order valence-corrected chi connectivity index (χ4v) is 6.10. The van der Waals surface area contributed by atoms with Gasteiger partial charge in [-0.15, -0.1) is 22.7 Å². The molecule has 1 aromatic carbocycles. The van der Waals surface area contributed by atoms with Crippen LogP contribution in [0.3, 0.4) is 0 Å². The molecule has 0 spiro atoms. The number of hydrogen-bond acceptors (Lipinski definition) is 7. The zero-order valence-corrected chi connectivity index (χ0v) is 18.8. The van der Waals surface area contributed by atoms with Gasteiger partial charge in [0.15, 0.2) is 5.13 Å². The lowest BCUT2D eigenvalue weighted by atomic mass is 10.2. The third-order valence-electron chi connectivity index (χ3n) is 4.35. The average molecular weight is 441 g/mol. The highest BCUT2D eigenvalue weighted by Gasteiger charge is 2.15. The van der Waals surface area contributed by atoms with Gasteiger partial charge in [-0.3, -0.25) is 9.69 Å². The number of aryl methyl sites for hydroxylation is 1. The molecule has 0 saturated carbocycles. The molecule has 0 aliphatic heterocycles. The van der Waals surface area contributed by atoms with Crippen molar-refractivity contribution in [3.05, 3.63) is 53.3 Å². The topological polar surface area (TPSA) is 59.0 Å². The molecule has 0 N–H and O–H groups in total. The molecule has 0 radical (unpaired) electrons. The summed E-state index contributed by atoms with van der Waals surface area (Å²) in [7, 11) is 0. The van der Waals surface area contributed by atoms with Gasteiger partial charge < -0.3 is 0 Å². The summed E-state index contributed by atoms with van der Waals surface area (Å²) in [6.07, 6.45) is 0. The minimum atomic E-state index is 0.0147. The molecule has 0 bridgehead atoms. The number of benzene rings is 1. The summed E-state index contributed by atoms with van der Waals surface area (Å²) in [5.41, 5.74) is 2.15. The van der Waals surface area contributed by atoms with Crippen molar-refractivity contribution in [1.29, 1.82) is 0 Å². The standard InChI is InChI=1S/C21H20N4OS3/c1-4-25(14(3)26)21-24-16(12-28-21)11-27-19-17-10-18(15-8-6-5-7-9-15)29-20(17)23-13(2)22-19/h5-10,12H,4,11H2,1-3H3. The van der Waals surface area contributed by atoms with Crippen molar-refractivity contribution in [1.82, 2.24) is 15.0 Å². The van der Waals surface area contributed by atoms with E-state index in [1.807, 2.05) is 37.4 Å². The Morgan fingerprint density at radius 3 is 2.69 bits per heavy atom. The van der Waals surface area contributed by atoms with Gasteiger partial charge in [-0.1, -0.05) is 42.1 Å². The number of anilines is 1. The van der Waals surface area contributed by atoms with Crippen LogP contribution in [0.4, 0.5) is 5.13 Å². The van der Waals surface area contributed by atoms with Gasteiger partial charge in [-0.25, -0.2) is 15.0 Å². The largest absolute Gasteiger partial charge is 0.289 e. The Balaban J connectivity index is 1.59. The number of thiophene rings is 1. The number of carbonyl (C=O) groups is 1. The molecule has 0 unspecified atom stereocenters. The van der Waals surface area contributed by atoms with Crippen molar-refractivity contribution in [2.45, 2.75) is 31.6 Å². The zero-order chi connectivity index (χ0) is 20.4. The average Bonchev–Trinajstić information content (AvgIpc) is 3.34. The lowest BCUT2D eigenvalue weighted by Gasteiger charge is -2.14. The Morgan fingerprint density at radius 1 is 1.17 bits per heavy atom. The summed E-state index contributed by atoms with van der Waals surface area (Å²) in [5.74, 6) is 1.49. The number of hydrogen-bond donors (Lipinski definition) is 0. The lowest BCUT2D eigenvalue weighted by molar-refractivity contribution is -0.116. The summed E-state index contributed by atoms with van der Waals surface area (Å²) < 4.78 is 0. The molecular weight excluding hydrogens is 420 g/mol. The van der Waals surface area contributed by atoms with Crippen LogP contribution in [-0.2, 0) is 10.5 Å². The minimum absolute atomic E-state index is 0.0147. The fraction of sp³-hybridized carbons (Fsp3) is 0.238. The molecule has 3 aromatic heterocycles. The summed E-state index contributed by atoms with van der Waals surface area (Å²) in [6.45, 7) is 6.08. The van der Waals surface area contributed by atoms with Crippen LogP contribution in [0, 0.1) is 6.92 Å². The van der Waals surface area contributed by atoms with E-state index in [0.29, 0.717) is 12.3 Å². The maximum absolute atomic E-state index is 11.7. The summed E-state index contributed by atoms with van der Waals surface area (Å²) in [4.78, 5) is 29.6. The number of thioether (sulfide) groups is 1. The predicted octanol–water partition coefficient (Wildman–Crippen LogP) is 5.79. The van der Waals surface area contributed by atoms with Crippen molar-refractivity contribution in [2.75, 3.05) is 11.4 Å². The predicted molar refractivity (Wildman–Crippen MR) is 123 cm³/mol. The summed E-state index contributed by atoms with van der Waals surface area (Å²) in [6, 6.07) is 12.5. The molecule has 148 valence electrons. The first kappa shape index (κ1) is 20.0. The van der Waals surface area contributed by atoms with Gasteiger partial charge in [0, 0.05) is 34.9 Å². The Bertz CT molecular complexity index is 1150. The van der Waals surface area contributed by atoms with E-state index in [1.165, 1.54) is 21.8 Å². The van der Waals surface area contributed by atoms with Crippen molar-refractivity contribution < 1.29 is 4.79 Å². The van der Waals surface area contributed by atoms with Gasteiger partial charge in [0.05, 0.1) is 5.69 Å². The molecule has 3 heterocycles. The molecule has 4 rings (SSSR count). The van der Waals surface area contributed by atoms with E-state index in [0.717, 1.165) is 31.9 Å². The molecule has 1 amide bonds. The highest BCUT2D eigenvalue weighted by molar-refractivity contribution is 7.98. The molecule has 4 aromatic rings. The minimum Gasteiger partial charge on any atom is -0.289 e. The molecule has 0 atom stereocenters. The Labute approximate surface area is 181 Å². The van der Waals surface area contributed by atoms with Gasteiger partial charge >= 0.3 is 0 Å². The van der Waals surface area contributed by atoms with Crippen molar-refractivity contribution in [3.63, 3.8) is 0 Å². The second-order valence-electron chi connectivity index (χ2n) is 6.44. The van der Waals surface area contributed by atoms with E-state index in [9.17, 15) is 4.79 Å². The normalized spacial score (nSPS) is 11.1. The zero-order valence-electron chi connectivity index (χ0n) is 16.4. The lowest BCUT2D eigenvalue weighted by Crippen LogP contribution is -2.27. The molecule has 0 fully saturated rings. The van der Waals surface area contributed by atoms with E-state index < -0.39 is 0 Å². The highest BCUT2D eigenvalue weighted by atomic mass is 32.2. The van der Waals surface area contributed by atoms with Crippen LogP contribution in [0.15, 0.2) is 46.8 Å². The van der Waals surface area contributed by atoms with Crippen LogP contribution >= 0.6 is 34.4 Å². The van der Waals surface area contributed by atoms with Gasteiger partial charge in [0.1, 0.15) is 15.7 Å². The first-order valence-electron chi connectivity index (χ1n) is 9.24. The third-order valence-corrected chi connectivity index (χ3v) is 7.37. The van der Waals surface area contributed by atoms with Crippen LogP contribution in [0.1, 0.15) is 25.4 Å². The maximum Gasteiger partial charge on any atom is 0.225 e. The van der Waals surface area contributed by atoms with E-state index in [4.69, 9.17) is 0 Å². The van der Waals surface area contributed by atoms with Crippen LogP contribution < -0.4 is 4.90 Å². The number of rotatable bonds is 6. The molecule has 0 saturated heterocycles. The first-order valence-corrected chi connectivity index (χ1v) is 11.9. The number of carbonyl (C=O) groups excluding carboxylic acids is 1. The van der Waals surface area contributed by atoms with Crippen LogP contribution in [0.5, 0.6) is 0 Å². The Kier molecular flexibility index (Phi) is 5.94. The van der Waals surface area contributed by atoms with Crippen LogP contribution in [0.25, 0.3) is 20.7 Å². The smallest absolute Gasteiger partial charge is 0.225 e. The van der Waals surface area contributed by atoms with Crippen LogP contribution in [0.2, 0.25) is 0 Å². The number of aromatic nitrogens is 3. The number of fused-ring (bicyclic) bond motifs is 1. The molecule has 0 aliphatic carbocycles. The second-order valence-corrected chi connectivity index (χ2v) is 9.28. The Morgan fingerprint density at radius 2 is 1.97 bits per heavy atom. The van der Waals surface area contributed by atoms with E-state index in [-0.39, 0.29) is 5.91 Å². The maximum atomic E-state index is 11.7. The third kappa shape index (κ3) is 4.34. The number of amides is 1. The fourth-order valence-electron chi connectivity index (χ4n) is 2.97. The first-order chi connectivity index (χ1) is 14.0. The Hall–Kier alpha value is -2.29. The van der Waals surface area contributed by atoms with E-state index >= 15 is 0 Å². The monoisotopic (exact) mass is 440 g/mol. The molecular formula is C21H20N4OS3. The summed E-state index contributed by atoms with van der Waals surface area (Å²) in [5, 5.41) is 4.82. The molecule has 29 heavy (non-hydrogen) atoms.